The van der Waals surface area contributed by atoms with Crippen molar-refractivity contribution < 1.29 is 12.9 Å². The number of nitrogens with two attached hydrogens (primary N) is 1. The van der Waals surface area contributed by atoms with Crippen molar-refractivity contribution in [2.45, 2.75) is 54.9 Å². The summed E-state index contributed by atoms with van der Waals surface area (Å²) in [5.41, 5.74) is 5.91. The lowest BCUT2D eigenvalue weighted by Gasteiger charge is -2.30. The highest BCUT2D eigenvalue weighted by Gasteiger charge is 2.38. The highest BCUT2D eigenvalue weighted by Crippen LogP contribution is 2.36. The van der Waals surface area contributed by atoms with Crippen LogP contribution in [-0.2, 0) is 15.6 Å². The van der Waals surface area contributed by atoms with Crippen molar-refractivity contribution in [3.05, 3.63) is 42.0 Å². The molecule has 2 heterocycles. The number of sulfonamides is 1. The normalized spacial score (nSPS) is 24.0. The Balaban J connectivity index is 1.53. The second-order valence-corrected chi connectivity index (χ2v) is 9.27. The first-order valence-electron chi connectivity index (χ1n) is 9.17. The lowest BCUT2D eigenvalue weighted by Crippen LogP contribution is -2.39. The molecule has 4 rings (SSSR count). The van der Waals surface area contributed by atoms with Gasteiger partial charge < -0.3 is 10.3 Å². The van der Waals surface area contributed by atoms with Gasteiger partial charge in [-0.05, 0) is 37.8 Å². The summed E-state index contributed by atoms with van der Waals surface area (Å²) < 4.78 is 32.7. The molecule has 0 radical (unpaired) electrons. The van der Waals surface area contributed by atoms with Gasteiger partial charge in [0.25, 0.3) is 0 Å². The van der Waals surface area contributed by atoms with Gasteiger partial charge in [-0.15, -0.1) is 0 Å². The molecule has 2 aromatic rings. The second-order valence-electron chi connectivity index (χ2n) is 7.33. The van der Waals surface area contributed by atoms with Gasteiger partial charge in [-0.2, -0.15) is 9.29 Å². The van der Waals surface area contributed by atoms with Crippen molar-refractivity contribution in [1.82, 2.24) is 14.4 Å². The van der Waals surface area contributed by atoms with Crippen LogP contribution in [0.15, 0.2) is 39.8 Å². The molecule has 2 fully saturated rings. The summed E-state index contributed by atoms with van der Waals surface area (Å²) in [5.74, 6) is 0.978. The Morgan fingerprint density at radius 3 is 2.62 bits per heavy atom. The van der Waals surface area contributed by atoms with Crippen molar-refractivity contribution in [2.75, 3.05) is 13.1 Å². The molecule has 2 N–H and O–H groups in total. The maximum Gasteiger partial charge on any atom is 0.243 e. The van der Waals surface area contributed by atoms with E-state index in [0.717, 1.165) is 38.5 Å². The van der Waals surface area contributed by atoms with Crippen molar-refractivity contribution in [2.24, 2.45) is 5.73 Å². The van der Waals surface area contributed by atoms with Crippen LogP contribution in [0, 0.1) is 0 Å². The summed E-state index contributed by atoms with van der Waals surface area (Å²) in [6.45, 7) is 0.867. The minimum Gasteiger partial charge on any atom is -0.339 e. The molecule has 1 atom stereocenters. The van der Waals surface area contributed by atoms with E-state index in [1.54, 1.807) is 24.3 Å². The van der Waals surface area contributed by atoms with E-state index in [-0.39, 0.29) is 5.92 Å². The number of hydrogen-bond acceptors (Lipinski definition) is 6. The van der Waals surface area contributed by atoms with E-state index in [4.69, 9.17) is 10.3 Å². The van der Waals surface area contributed by atoms with E-state index in [1.165, 1.54) is 4.31 Å². The van der Waals surface area contributed by atoms with E-state index in [9.17, 15) is 8.42 Å². The van der Waals surface area contributed by atoms with E-state index < -0.39 is 15.6 Å². The third-order valence-corrected chi connectivity index (χ3v) is 7.38. The summed E-state index contributed by atoms with van der Waals surface area (Å²) in [6, 6.07) is 8.54. The van der Waals surface area contributed by atoms with Crippen molar-refractivity contribution >= 4 is 10.0 Å². The van der Waals surface area contributed by atoms with Crippen LogP contribution >= 0.6 is 0 Å². The van der Waals surface area contributed by atoms with Crippen molar-refractivity contribution in [3.8, 4) is 0 Å². The molecule has 1 unspecified atom stereocenters. The third kappa shape index (κ3) is 3.17. The van der Waals surface area contributed by atoms with Crippen LogP contribution in [0.2, 0.25) is 0 Å². The maximum absolute atomic E-state index is 12.9. The first-order chi connectivity index (χ1) is 12.5. The fraction of sp³-hybridized carbons (Fsp3) is 0.556. The summed E-state index contributed by atoms with van der Waals surface area (Å²) in [5, 5.41) is 4.11. The molecule has 0 spiro atoms. The molecule has 1 aromatic heterocycles. The Morgan fingerprint density at radius 1 is 1.15 bits per heavy atom. The number of nitrogens with zero attached hydrogens (tertiary/aromatic N) is 3. The van der Waals surface area contributed by atoms with Gasteiger partial charge in [0.1, 0.15) is 0 Å². The number of aromatic nitrogens is 2. The van der Waals surface area contributed by atoms with Gasteiger partial charge in [0.2, 0.25) is 15.9 Å². The smallest absolute Gasteiger partial charge is 0.243 e. The number of hydrogen-bond donors (Lipinski definition) is 1. The third-order valence-electron chi connectivity index (χ3n) is 5.50. The summed E-state index contributed by atoms with van der Waals surface area (Å²) >= 11 is 0. The van der Waals surface area contributed by atoms with Crippen LogP contribution in [0.4, 0.5) is 0 Å². The van der Waals surface area contributed by atoms with Gasteiger partial charge >= 0.3 is 0 Å². The van der Waals surface area contributed by atoms with Gasteiger partial charge in [0, 0.05) is 13.1 Å². The largest absolute Gasteiger partial charge is 0.339 e. The molecule has 7 nitrogen and oxygen atoms in total. The Hall–Kier alpha value is -1.77. The molecule has 1 aliphatic carbocycles. The lowest BCUT2D eigenvalue weighted by molar-refractivity contribution is 0.263. The van der Waals surface area contributed by atoms with Crippen LogP contribution in [-0.4, -0.2) is 36.0 Å². The summed E-state index contributed by atoms with van der Waals surface area (Å²) in [7, 11) is -3.51. The first-order valence-corrected chi connectivity index (χ1v) is 10.6. The van der Waals surface area contributed by atoms with E-state index in [1.807, 2.05) is 6.07 Å². The van der Waals surface area contributed by atoms with Crippen LogP contribution in [0.1, 0.15) is 56.2 Å². The van der Waals surface area contributed by atoms with Crippen molar-refractivity contribution in [1.29, 1.82) is 0 Å². The zero-order valence-electron chi connectivity index (χ0n) is 14.7. The maximum atomic E-state index is 12.9. The lowest BCUT2D eigenvalue weighted by atomic mass is 9.97. The molecule has 26 heavy (non-hydrogen) atoms. The van der Waals surface area contributed by atoms with Gasteiger partial charge in [-0.1, -0.05) is 36.2 Å². The van der Waals surface area contributed by atoms with E-state index in [2.05, 4.69) is 10.1 Å². The highest BCUT2D eigenvalue weighted by atomic mass is 32.2. The Kier molecular flexibility index (Phi) is 4.58. The SMILES string of the molecule is NC1(c2noc(C3CCCN(S(=O)(=O)c4ccccc4)C3)n2)CCCC1. The molecule has 1 saturated carbocycles. The van der Waals surface area contributed by atoms with Gasteiger partial charge in [-0.3, -0.25) is 0 Å². The Labute approximate surface area is 153 Å². The topological polar surface area (TPSA) is 102 Å². The molecule has 1 aromatic carbocycles. The Morgan fingerprint density at radius 2 is 1.88 bits per heavy atom. The van der Waals surface area contributed by atoms with E-state index in [0.29, 0.717) is 29.7 Å². The summed E-state index contributed by atoms with van der Waals surface area (Å²) in [6.07, 6.45) is 5.48. The molecule has 1 aliphatic heterocycles. The molecule has 0 bridgehead atoms. The average molecular weight is 376 g/mol. The van der Waals surface area contributed by atoms with Crippen LogP contribution in [0.25, 0.3) is 0 Å². The molecule has 8 heteroatoms. The predicted octanol–water partition coefficient (Wildman–Crippen LogP) is 2.37. The monoisotopic (exact) mass is 376 g/mol. The number of benzene rings is 1. The van der Waals surface area contributed by atoms with Crippen LogP contribution in [0.5, 0.6) is 0 Å². The fourth-order valence-electron chi connectivity index (χ4n) is 3.94. The minimum absolute atomic E-state index is 0.0894. The standard InChI is InChI=1S/C18H24N4O3S/c19-18(10-4-5-11-18)17-20-16(25-21-17)14-7-6-12-22(13-14)26(23,24)15-8-2-1-3-9-15/h1-3,8-9,14H,4-7,10-13,19H2. The van der Waals surface area contributed by atoms with Gasteiger partial charge in [-0.25, -0.2) is 8.42 Å². The van der Waals surface area contributed by atoms with Crippen LogP contribution < -0.4 is 5.73 Å². The fourth-order valence-corrected chi connectivity index (χ4v) is 5.48. The van der Waals surface area contributed by atoms with Crippen molar-refractivity contribution in [3.63, 3.8) is 0 Å². The molecule has 2 aliphatic rings. The number of piperidine rings is 1. The number of rotatable bonds is 4. The molecule has 140 valence electrons. The highest BCUT2D eigenvalue weighted by molar-refractivity contribution is 7.89. The van der Waals surface area contributed by atoms with E-state index >= 15 is 0 Å². The summed E-state index contributed by atoms with van der Waals surface area (Å²) in [4.78, 5) is 4.87. The zero-order chi connectivity index (χ0) is 18.2. The second kappa shape index (κ2) is 6.75. The predicted molar refractivity (Wildman–Crippen MR) is 95.8 cm³/mol. The minimum atomic E-state index is -3.51. The first kappa shape index (κ1) is 17.6. The molecule has 1 saturated heterocycles. The van der Waals surface area contributed by atoms with Gasteiger partial charge in [0.05, 0.1) is 16.4 Å². The van der Waals surface area contributed by atoms with Crippen LogP contribution in [0.3, 0.4) is 0 Å². The Bertz CT molecular complexity index is 860. The average Bonchev–Trinajstić information content (AvgIpc) is 3.33. The molecule has 0 amide bonds. The molecular weight excluding hydrogens is 352 g/mol. The zero-order valence-corrected chi connectivity index (χ0v) is 15.5. The van der Waals surface area contributed by atoms with Gasteiger partial charge in [0.15, 0.2) is 5.82 Å². The molecular formula is C18H24N4O3S. The quantitative estimate of drug-likeness (QED) is 0.879.